The number of ether oxygens (including phenoxy) is 2. The van der Waals surface area contributed by atoms with Crippen LogP contribution in [0, 0.1) is 0 Å². The Morgan fingerprint density at radius 2 is 2.17 bits per heavy atom. The fourth-order valence-corrected chi connectivity index (χ4v) is 2.57. The zero-order valence-corrected chi connectivity index (χ0v) is 11.0. The monoisotopic (exact) mass is 268 g/mol. The standard InChI is InChI=1S/C13H16O4S/c1-18-11-4-2-3-10(12(11)13(14)15)17-9-5-7-16-8-6-9/h2-4,9H,5-8H2,1H3,(H,14,15). The van der Waals surface area contributed by atoms with E-state index in [0.29, 0.717) is 19.0 Å². The van der Waals surface area contributed by atoms with Gasteiger partial charge in [-0.3, -0.25) is 0 Å². The molecule has 0 unspecified atom stereocenters. The Balaban J connectivity index is 2.23. The highest BCUT2D eigenvalue weighted by molar-refractivity contribution is 7.98. The van der Waals surface area contributed by atoms with Crippen LogP contribution in [0.25, 0.3) is 0 Å². The van der Waals surface area contributed by atoms with Gasteiger partial charge < -0.3 is 14.6 Å². The summed E-state index contributed by atoms with van der Waals surface area (Å²) in [4.78, 5) is 12.1. The minimum absolute atomic E-state index is 0.0500. The minimum atomic E-state index is -0.943. The largest absolute Gasteiger partial charge is 0.489 e. The lowest BCUT2D eigenvalue weighted by Crippen LogP contribution is -2.26. The molecule has 18 heavy (non-hydrogen) atoms. The summed E-state index contributed by atoms with van der Waals surface area (Å²) in [6.07, 6.45) is 3.53. The average Bonchev–Trinajstić information content (AvgIpc) is 2.39. The zero-order valence-electron chi connectivity index (χ0n) is 10.2. The smallest absolute Gasteiger partial charge is 0.340 e. The number of carboxylic acid groups (broad SMARTS) is 1. The number of hydrogen-bond donors (Lipinski definition) is 1. The first-order valence-electron chi connectivity index (χ1n) is 5.87. The Hall–Kier alpha value is -1.20. The van der Waals surface area contributed by atoms with Gasteiger partial charge in [0.15, 0.2) is 0 Å². The Morgan fingerprint density at radius 3 is 2.78 bits per heavy atom. The van der Waals surface area contributed by atoms with Gasteiger partial charge in [-0.15, -0.1) is 11.8 Å². The van der Waals surface area contributed by atoms with Crippen LogP contribution < -0.4 is 4.74 Å². The van der Waals surface area contributed by atoms with Crippen molar-refractivity contribution in [2.75, 3.05) is 19.5 Å². The number of hydrogen-bond acceptors (Lipinski definition) is 4. The third-order valence-electron chi connectivity index (χ3n) is 2.88. The van der Waals surface area contributed by atoms with Crippen molar-refractivity contribution in [2.45, 2.75) is 23.8 Å². The van der Waals surface area contributed by atoms with Crippen LogP contribution in [0.5, 0.6) is 5.75 Å². The molecule has 1 aliphatic rings. The molecule has 0 atom stereocenters. The van der Waals surface area contributed by atoms with Crippen LogP contribution in [0.15, 0.2) is 23.1 Å². The Kier molecular flexibility index (Phi) is 4.49. The third-order valence-corrected chi connectivity index (χ3v) is 3.66. The fourth-order valence-electron chi connectivity index (χ4n) is 1.96. The summed E-state index contributed by atoms with van der Waals surface area (Å²) in [5.74, 6) is -0.483. The van der Waals surface area contributed by atoms with Gasteiger partial charge in [-0.05, 0) is 18.4 Å². The van der Waals surface area contributed by atoms with E-state index in [0.717, 1.165) is 17.7 Å². The van der Waals surface area contributed by atoms with E-state index in [1.165, 1.54) is 11.8 Å². The van der Waals surface area contributed by atoms with E-state index in [1.807, 2.05) is 12.3 Å². The highest BCUT2D eigenvalue weighted by atomic mass is 32.2. The second-order valence-electron chi connectivity index (χ2n) is 4.07. The second kappa shape index (κ2) is 6.11. The van der Waals surface area contributed by atoms with Gasteiger partial charge in [0.1, 0.15) is 17.4 Å². The number of aromatic carboxylic acids is 1. The summed E-state index contributed by atoms with van der Waals surface area (Å²) in [6.45, 7) is 1.35. The van der Waals surface area contributed by atoms with Crippen molar-refractivity contribution in [3.63, 3.8) is 0 Å². The lowest BCUT2D eigenvalue weighted by Gasteiger charge is -2.24. The maximum Gasteiger partial charge on any atom is 0.340 e. The molecule has 1 aliphatic heterocycles. The van der Waals surface area contributed by atoms with Gasteiger partial charge in [0.05, 0.1) is 13.2 Å². The van der Waals surface area contributed by atoms with E-state index in [-0.39, 0.29) is 11.7 Å². The summed E-state index contributed by atoms with van der Waals surface area (Å²) < 4.78 is 11.1. The molecule has 1 aromatic rings. The third kappa shape index (κ3) is 2.97. The molecule has 5 heteroatoms. The van der Waals surface area contributed by atoms with E-state index >= 15 is 0 Å². The van der Waals surface area contributed by atoms with Crippen LogP contribution in [0.1, 0.15) is 23.2 Å². The molecule has 1 N–H and O–H groups in total. The summed E-state index contributed by atoms with van der Waals surface area (Å²) >= 11 is 1.41. The Bertz CT molecular complexity index is 427. The van der Waals surface area contributed by atoms with Crippen molar-refractivity contribution in [1.29, 1.82) is 0 Å². The SMILES string of the molecule is CSc1cccc(OC2CCOCC2)c1C(=O)O. The predicted octanol–water partition coefficient (Wildman–Crippen LogP) is 2.66. The van der Waals surface area contributed by atoms with E-state index in [4.69, 9.17) is 9.47 Å². The maximum absolute atomic E-state index is 11.3. The number of thioether (sulfide) groups is 1. The van der Waals surface area contributed by atoms with Crippen molar-refractivity contribution in [3.05, 3.63) is 23.8 Å². The number of rotatable bonds is 4. The van der Waals surface area contributed by atoms with E-state index < -0.39 is 5.97 Å². The number of carbonyl (C=O) groups is 1. The van der Waals surface area contributed by atoms with Crippen molar-refractivity contribution < 1.29 is 19.4 Å². The molecule has 0 amide bonds. The van der Waals surface area contributed by atoms with Crippen LogP contribution in [0.4, 0.5) is 0 Å². The topological polar surface area (TPSA) is 55.8 Å². The summed E-state index contributed by atoms with van der Waals surface area (Å²) in [5.41, 5.74) is 0.261. The van der Waals surface area contributed by atoms with Gasteiger partial charge in [-0.1, -0.05) is 6.07 Å². The average molecular weight is 268 g/mol. The van der Waals surface area contributed by atoms with Crippen molar-refractivity contribution in [1.82, 2.24) is 0 Å². The molecular weight excluding hydrogens is 252 g/mol. The Morgan fingerprint density at radius 1 is 1.44 bits per heavy atom. The van der Waals surface area contributed by atoms with Crippen LogP contribution in [-0.2, 0) is 4.74 Å². The van der Waals surface area contributed by atoms with Gasteiger partial charge >= 0.3 is 5.97 Å². The quantitative estimate of drug-likeness (QED) is 0.851. The van der Waals surface area contributed by atoms with Crippen LogP contribution in [-0.4, -0.2) is 36.6 Å². The van der Waals surface area contributed by atoms with Crippen LogP contribution >= 0.6 is 11.8 Å². The lowest BCUT2D eigenvalue weighted by atomic mass is 10.1. The number of carboxylic acids is 1. The molecule has 0 aliphatic carbocycles. The van der Waals surface area contributed by atoms with Gasteiger partial charge in [0.25, 0.3) is 0 Å². The molecule has 0 bridgehead atoms. The first-order valence-corrected chi connectivity index (χ1v) is 7.09. The first-order chi connectivity index (χ1) is 8.72. The van der Waals surface area contributed by atoms with E-state index in [2.05, 4.69) is 0 Å². The van der Waals surface area contributed by atoms with Gasteiger partial charge in [0, 0.05) is 17.7 Å². The van der Waals surface area contributed by atoms with Gasteiger partial charge in [-0.2, -0.15) is 0 Å². The van der Waals surface area contributed by atoms with Crippen molar-refractivity contribution >= 4 is 17.7 Å². The summed E-state index contributed by atoms with van der Waals surface area (Å²) in [7, 11) is 0. The second-order valence-corrected chi connectivity index (χ2v) is 4.92. The molecule has 4 nitrogen and oxygen atoms in total. The van der Waals surface area contributed by atoms with Crippen molar-refractivity contribution in [2.24, 2.45) is 0 Å². The summed E-state index contributed by atoms with van der Waals surface area (Å²) in [6, 6.07) is 5.34. The molecule has 1 saturated heterocycles. The van der Waals surface area contributed by atoms with E-state index in [9.17, 15) is 9.90 Å². The van der Waals surface area contributed by atoms with Gasteiger partial charge in [-0.25, -0.2) is 4.79 Å². The van der Waals surface area contributed by atoms with Crippen molar-refractivity contribution in [3.8, 4) is 5.75 Å². The highest BCUT2D eigenvalue weighted by Crippen LogP contribution is 2.30. The lowest BCUT2D eigenvalue weighted by molar-refractivity contribution is 0.0247. The molecule has 98 valence electrons. The number of benzene rings is 1. The molecule has 0 saturated carbocycles. The summed E-state index contributed by atoms with van der Waals surface area (Å²) in [5, 5.41) is 9.29. The fraction of sp³-hybridized carbons (Fsp3) is 0.462. The van der Waals surface area contributed by atoms with Crippen LogP contribution in [0.3, 0.4) is 0 Å². The molecular formula is C13H16O4S. The molecule has 2 rings (SSSR count). The first kappa shape index (κ1) is 13.2. The normalized spacial score (nSPS) is 16.5. The molecule has 0 spiro atoms. The highest BCUT2D eigenvalue weighted by Gasteiger charge is 2.21. The maximum atomic E-state index is 11.3. The van der Waals surface area contributed by atoms with E-state index in [1.54, 1.807) is 12.1 Å². The molecule has 0 aromatic heterocycles. The molecule has 1 aromatic carbocycles. The van der Waals surface area contributed by atoms with Crippen LogP contribution in [0.2, 0.25) is 0 Å². The molecule has 1 fully saturated rings. The Labute approximate surface area is 110 Å². The molecule has 0 radical (unpaired) electrons. The predicted molar refractivity (Wildman–Crippen MR) is 69.7 cm³/mol. The zero-order chi connectivity index (χ0) is 13.0. The molecule has 1 heterocycles. The van der Waals surface area contributed by atoms with Gasteiger partial charge in [0.2, 0.25) is 0 Å². The minimum Gasteiger partial charge on any atom is -0.489 e.